The van der Waals surface area contributed by atoms with Crippen molar-refractivity contribution in [3.05, 3.63) is 81.2 Å². The summed E-state index contributed by atoms with van der Waals surface area (Å²) in [5, 5.41) is 5.13. The number of rotatable bonds is 6. The van der Waals surface area contributed by atoms with Gasteiger partial charge in [0.15, 0.2) is 0 Å². The third-order valence-corrected chi connectivity index (χ3v) is 6.13. The largest absolute Gasteiger partial charge is 0.462 e. The van der Waals surface area contributed by atoms with E-state index in [-0.39, 0.29) is 24.3 Å². The number of carbonyl (C=O) groups is 2. The van der Waals surface area contributed by atoms with Crippen LogP contribution >= 0.6 is 11.3 Å². The Balaban J connectivity index is 1.64. The molecule has 7 nitrogen and oxygen atoms in total. The second-order valence-electron chi connectivity index (χ2n) is 7.64. The fourth-order valence-corrected chi connectivity index (χ4v) is 4.62. The van der Waals surface area contributed by atoms with Gasteiger partial charge in [0.2, 0.25) is 5.91 Å². The highest BCUT2D eigenvalue weighted by molar-refractivity contribution is 7.17. The summed E-state index contributed by atoms with van der Waals surface area (Å²) in [6.07, 6.45) is 1.38. The van der Waals surface area contributed by atoms with Crippen molar-refractivity contribution < 1.29 is 14.3 Å². The van der Waals surface area contributed by atoms with E-state index in [2.05, 4.69) is 16.4 Å². The van der Waals surface area contributed by atoms with Crippen molar-refractivity contribution in [2.45, 2.75) is 27.3 Å². The van der Waals surface area contributed by atoms with Crippen LogP contribution in [-0.2, 0) is 16.1 Å². The summed E-state index contributed by atoms with van der Waals surface area (Å²) in [6.45, 7) is 5.74. The molecule has 8 heteroatoms. The molecular formula is C25H23N3O4S. The maximum atomic E-state index is 13.3. The van der Waals surface area contributed by atoms with E-state index >= 15 is 0 Å². The minimum Gasteiger partial charge on any atom is -0.462 e. The Morgan fingerprint density at radius 1 is 1.12 bits per heavy atom. The topological polar surface area (TPSA) is 90.3 Å². The average molecular weight is 462 g/mol. The third kappa shape index (κ3) is 4.56. The lowest BCUT2D eigenvalue weighted by atomic mass is 9.99. The molecule has 168 valence electrons. The first-order valence-electron chi connectivity index (χ1n) is 10.5. The average Bonchev–Trinajstić information content (AvgIpc) is 3.21. The lowest BCUT2D eigenvalue weighted by Crippen LogP contribution is -2.28. The van der Waals surface area contributed by atoms with Crippen LogP contribution in [0.25, 0.3) is 21.3 Å². The number of benzene rings is 2. The molecule has 4 rings (SSSR count). The van der Waals surface area contributed by atoms with Gasteiger partial charge in [-0.15, -0.1) is 11.3 Å². The fraction of sp³-hybridized carbons (Fsp3) is 0.200. The molecule has 0 spiro atoms. The Morgan fingerprint density at radius 2 is 1.91 bits per heavy atom. The number of fused-ring (bicyclic) bond motifs is 1. The number of nitrogens with zero attached hydrogens (tertiary/aromatic N) is 2. The van der Waals surface area contributed by atoms with Crippen LogP contribution in [0, 0.1) is 13.8 Å². The van der Waals surface area contributed by atoms with Gasteiger partial charge in [0, 0.05) is 10.9 Å². The minimum atomic E-state index is -0.523. The van der Waals surface area contributed by atoms with Crippen molar-refractivity contribution in [3.8, 4) is 11.1 Å². The second kappa shape index (κ2) is 9.38. The molecule has 1 N–H and O–H groups in total. The van der Waals surface area contributed by atoms with Crippen LogP contribution in [0.3, 0.4) is 0 Å². The van der Waals surface area contributed by atoms with E-state index in [9.17, 15) is 14.4 Å². The van der Waals surface area contributed by atoms with E-state index in [1.165, 1.54) is 22.2 Å². The predicted molar refractivity (Wildman–Crippen MR) is 130 cm³/mol. The number of anilines is 1. The molecule has 0 aliphatic carbocycles. The molecule has 1 amide bonds. The van der Waals surface area contributed by atoms with Gasteiger partial charge >= 0.3 is 5.97 Å². The van der Waals surface area contributed by atoms with E-state index in [0.717, 1.165) is 22.3 Å². The van der Waals surface area contributed by atoms with Crippen molar-refractivity contribution in [3.63, 3.8) is 0 Å². The van der Waals surface area contributed by atoms with Gasteiger partial charge in [0.25, 0.3) is 5.56 Å². The molecule has 0 bridgehead atoms. The lowest BCUT2D eigenvalue weighted by molar-refractivity contribution is -0.116. The van der Waals surface area contributed by atoms with Crippen molar-refractivity contribution in [2.75, 3.05) is 11.9 Å². The number of nitrogens with one attached hydrogen (secondary N) is 1. The number of amides is 1. The van der Waals surface area contributed by atoms with E-state index in [1.54, 1.807) is 31.2 Å². The molecule has 0 fully saturated rings. The van der Waals surface area contributed by atoms with Crippen LogP contribution in [0.5, 0.6) is 0 Å². The first-order valence-corrected chi connectivity index (χ1v) is 11.4. The Bertz CT molecular complexity index is 1420. The van der Waals surface area contributed by atoms with Crippen LogP contribution in [0.2, 0.25) is 0 Å². The Labute approximate surface area is 194 Å². The molecule has 2 aromatic heterocycles. The van der Waals surface area contributed by atoms with Crippen LogP contribution in [0.15, 0.2) is 59.0 Å². The number of thiophene rings is 1. The number of para-hydroxylation sites is 1. The van der Waals surface area contributed by atoms with Crippen molar-refractivity contribution in [2.24, 2.45) is 0 Å². The van der Waals surface area contributed by atoms with Gasteiger partial charge in [-0.05, 0) is 44.0 Å². The molecular weight excluding hydrogens is 438 g/mol. The first kappa shape index (κ1) is 22.4. The highest BCUT2D eigenvalue weighted by Crippen LogP contribution is 2.33. The second-order valence-corrected chi connectivity index (χ2v) is 8.50. The number of hydrogen-bond donors (Lipinski definition) is 1. The van der Waals surface area contributed by atoms with Crippen LogP contribution in [0.4, 0.5) is 5.69 Å². The predicted octanol–water partition coefficient (Wildman–Crippen LogP) is 4.56. The number of ether oxygens (including phenoxy) is 1. The SMILES string of the molecule is CCOC(=O)c1ccccc1NC(=O)Cn1cnc2scc(-c3ccc(C)cc3C)c2c1=O. The quantitative estimate of drug-likeness (QED) is 0.425. The third-order valence-electron chi connectivity index (χ3n) is 5.24. The lowest BCUT2D eigenvalue weighted by Gasteiger charge is -2.11. The van der Waals surface area contributed by atoms with Gasteiger partial charge in [-0.2, -0.15) is 0 Å². The van der Waals surface area contributed by atoms with E-state index in [4.69, 9.17) is 4.74 Å². The Hall–Kier alpha value is -3.78. The molecule has 0 aliphatic rings. The van der Waals surface area contributed by atoms with Gasteiger partial charge in [0.05, 0.1) is 29.6 Å². The summed E-state index contributed by atoms with van der Waals surface area (Å²) < 4.78 is 6.33. The molecule has 0 radical (unpaired) electrons. The maximum Gasteiger partial charge on any atom is 0.340 e. The van der Waals surface area contributed by atoms with Gasteiger partial charge < -0.3 is 10.1 Å². The molecule has 33 heavy (non-hydrogen) atoms. The molecule has 0 aliphatic heterocycles. The number of aryl methyl sites for hydroxylation is 2. The molecule has 4 aromatic rings. The summed E-state index contributed by atoms with van der Waals surface area (Å²) in [5.74, 6) is -0.969. The fourth-order valence-electron chi connectivity index (χ4n) is 3.72. The Morgan fingerprint density at radius 3 is 2.67 bits per heavy atom. The zero-order valence-corrected chi connectivity index (χ0v) is 19.4. The molecule has 0 unspecified atom stereocenters. The normalized spacial score (nSPS) is 10.9. The summed E-state index contributed by atoms with van der Waals surface area (Å²) in [7, 11) is 0. The highest BCUT2D eigenvalue weighted by Gasteiger charge is 2.18. The zero-order chi connectivity index (χ0) is 23.5. The first-order chi connectivity index (χ1) is 15.9. The molecule has 2 heterocycles. The number of hydrogen-bond acceptors (Lipinski definition) is 6. The van der Waals surface area contributed by atoms with Gasteiger partial charge in [-0.3, -0.25) is 14.2 Å². The number of aromatic nitrogens is 2. The van der Waals surface area contributed by atoms with Crippen molar-refractivity contribution in [1.82, 2.24) is 9.55 Å². The van der Waals surface area contributed by atoms with Gasteiger partial charge in [-0.1, -0.05) is 35.9 Å². The standard InChI is InChI=1S/C25H23N3O4S/c1-4-32-25(31)18-7-5-6-8-20(18)27-21(29)12-28-14-26-23-22(24(28)30)19(13-33-23)17-10-9-15(2)11-16(17)3/h5-11,13-14H,4,12H2,1-3H3,(H,27,29). The number of esters is 1. The molecule has 0 atom stereocenters. The number of carbonyl (C=O) groups excluding carboxylic acids is 2. The molecule has 0 saturated heterocycles. The summed E-state index contributed by atoms with van der Waals surface area (Å²) in [5.41, 5.74) is 4.29. The van der Waals surface area contributed by atoms with Crippen LogP contribution in [0.1, 0.15) is 28.4 Å². The summed E-state index contributed by atoms with van der Waals surface area (Å²) in [4.78, 5) is 43.2. The van der Waals surface area contributed by atoms with Crippen molar-refractivity contribution >= 4 is 39.1 Å². The highest BCUT2D eigenvalue weighted by atomic mass is 32.1. The van der Waals surface area contributed by atoms with Gasteiger partial charge in [-0.25, -0.2) is 9.78 Å². The Kier molecular flexibility index (Phi) is 6.37. The molecule has 0 saturated carbocycles. The van der Waals surface area contributed by atoms with Crippen LogP contribution in [-0.4, -0.2) is 28.0 Å². The molecule has 2 aromatic carbocycles. The van der Waals surface area contributed by atoms with E-state index < -0.39 is 11.9 Å². The minimum absolute atomic E-state index is 0.228. The zero-order valence-electron chi connectivity index (χ0n) is 18.5. The van der Waals surface area contributed by atoms with Crippen LogP contribution < -0.4 is 10.9 Å². The maximum absolute atomic E-state index is 13.3. The smallest absolute Gasteiger partial charge is 0.340 e. The van der Waals surface area contributed by atoms with Gasteiger partial charge in [0.1, 0.15) is 11.4 Å². The van der Waals surface area contributed by atoms with E-state index in [1.807, 2.05) is 31.4 Å². The van der Waals surface area contributed by atoms with Crippen molar-refractivity contribution in [1.29, 1.82) is 0 Å². The van der Waals surface area contributed by atoms with E-state index in [0.29, 0.717) is 15.9 Å². The summed E-state index contributed by atoms with van der Waals surface area (Å²) in [6, 6.07) is 12.7. The summed E-state index contributed by atoms with van der Waals surface area (Å²) >= 11 is 1.40. The monoisotopic (exact) mass is 461 g/mol.